The molecule has 1 aliphatic heterocycles. The highest BCUT2D eigenvalue weighted by Crippen LogP contribution is 2.52. The lowest BCUT2D eigenvalue weighted by atomic mass is 10.0. The maximum absolute atomic E-state index is 16.1. The van der Waals surface area contributed by atoms with E-state index in [4.69, 9.17) is 0 Å². The van der Waals surface area contributed by atoms with Crippen molar-refractivity contribution in [2.45, 2.75) is 0 Å². The summed E-state index contributed by atoms with van der Waals surface area (Å²) in [5.41, 5.74) is -4.67. The number of nitrogens with one attached hydrogen (secondary N) is 3. The third-order valence-corrected chi connectivity index (χ3v) is 18.2. The van der Waals surface area contributed by atoms with E-state index in [-0.39, 0.29) is 80.2 Å². The Hall–Kier alpha value is -1.99. The molecule has 0 aliphatic carbocycles. The Bertz CT molecular complexity index is 3210. The smallest absolute Gasteiger partial charge is 0.200 e. The Balaban J connectivity index is 1.78. The van der Waals surface area contributed by atoms with Crippen LogP contribution in [0.15, 0.2) is 55.6 Å². The van der Waals surface area contributed by atoms with E-state index >= 15 is 35.1 Å². The molecule has 0 fully saturated rings. The number of fused-ring (bicyclic) bond motifs is 9. The van der Waals surface area contributed by atoms with E-state index < -0.39 is 86.1 Å². The van der Waals surface area contributed by atoms with Crippen LogP contribution in [0.5, 0.6) is 0 Å². The van der Waals surface area contributed by atoms with Gasteiger partial charge in [0.1, 0.15) is 5.69 Å². The summed E-state index contributed by atoms with van der Waals surface area (Å²) in [6, 6.07) is 6.55. The highest BCUT2D eigenvalue weighted by Gasteiger charge is 2.35. The number of rotatable bonds is 3. The second kappa shape index (κ2) is 16.2. The number of halogens is 19. The predicted octanol–water partition coefficient (Wildman–Crippen LogP) is 17.9. The van der Waals surface area contributed by atoms with Crippen molar-refractivity contribution < 1.29 is 43.9 Å². The maximum atomic E-state index is 16.1. The Morgan fingerprint density at radius 1 is 0.317 bits per heavy atom. The first-order valence-corrected chi connectivity index (χ1v) is 23.0. The number of nitrogens with zero attached hydrogens (tertiary/aromatic N) is 1. The fourth-order valence-corrected chi connectivity index (χ4v) is 10.7. The van der Waals surface area contributed by atoms with Crippen molar-refractivity contribution in [2.75, 3.05) is 0 Å². The van der Waals surface area contributed by atoms with Gasteiger partial charge in [-0.1, -0.05) is 28.1 Å². The summed E-state index contributed by atoms with van der Waals surface area (Å²) in [5, 5.41) is 0. The van der Waals surface area contributed by atoms with Gasteiger partial charge in [0.2, 0.25) is 11.6 Å². The molecular formula is C37H7Br9F10N4. The number of hydrogen-bond donors (Lipinski definition) is 3. The normalized spacial score (nSPS) is 12.5. The van der Waals surface area contributed by atoms with Crippen molar-refractivity contribution >= 4 is 185 Å². The average Bonchev–Trinajstić information content (AvgIpc) is 3.89. The van der Waals surface area contributed by atoms with Crippen LogP contribution in [0, 0.1) is 58.2 Å². The Kier molecular flexibility index (Phi) is 12.1. The van der Waals surface area contributed by atoms with Gasteiger partial charge in [0, 0.05) is 21.2 Å². The molecular weight excluding hydrogens is 1410 g/mol. The summed E-state index contributed by atoms with van der Waals surface area (Å²) in [5.74, 6) is -22.6. The summed E-state index contributed by atoms with van der Waals surface area (Å²) in [7, 11) is 0. The first-order valence-electron chi connectivity index (χ1n) is 15.9. The Labute approximate surface area is 403 Å². The monoisotopic (exact) mass is 1410 g/mol. The minimum Gasteiger partial charge on any atom is -0.352 e. The van der Waals surface area contributed by atoms with Gasteiger partial charge in [-0.2, -0.15) is 0 Å². The molecule has 8 bridgehead atoms. The molecule has 3 aromatic carbocycles. The molecule has 5 heterocycles. The third-order valence-electron chi connectivity index (χ3n) is 9.25. The standard InChI is InChI=1S/C37H7Br9F10N4/c38-6-3-1-5(2-4-6)7-30-12(39)14(41)32(57-30)10(8-20(47)24(51)28(55)25(52)21(8)48)34-16(43)18(45)36(59-34)37-19(46)17(44)35(60-37)11(33-15(42)13(40)31(7)58-33)9-22(49)26(53)29(56)27(54)23(9)50/h1-4,57-59H. The van der Waals surface area contributed by atoms with Gasteiger partial charge in [-0.15, -0.1) is 0 Å². The van der Waals surface area contributed by atoms with E-state index in [9.17, 15) is 8.78 Å². The molecule has 4 nitrogen and oxygen atoms in total. The lowest BCUT2D eigenvalue weighted by Gasteiger charge is -2.11. The zero-order valence-electron chi connectivity index (χ0n) is 27.9. The molecule has 60 heavy (non-hydrogen) atoms. The summed E-state index contributed by atoms with van der Waals surface area (Å²) in [6.45, 7) is 0. The molecule has 23 heteroatoms. The molecule has 308 valence electrons. The molecule has 0 saturated carbocycles. The van der Waals surface area contributed by atoms with Gasteiger partial charge >= 0.3 is 0 Å². The highest BCUT2D eigenvalue weighted by molar-refractivity contribution is 9.18. The SMILES string of the molecule is Fc1c(F)c(F)c(-c2c3nc(c4[nH]c(c(Br)c4Br)c(-c4c(F)c(F)c(F)c(F)c4F)c4[nH]c(c(Br)c4Br)c(-c4ccc(Br)cc4)c4[nH]c2c(Br)c4Br)C(Br)=C3Br)c(F)c1F. The quantitative estimate of drug-likeness (QED) is 0.0922. The topological polar surface area (TPSA) is 60.3 Å². The van der Waals surface area contributed by atoms with Crippen LogP contribution in [-0.2, 0) is 0 Å². The largest absolute Gasteiger partial charge is 0.352 e. The summed E-state index contributed by atoms with van der Waals surface area (Å²) < 4.78 is 154. The minimum atomic E-state index is -2.41. The molecule has 0 spiro atoms. The summed E-state index contributed by atoms with van der Waals surface area (Å²) >= 11 is 30.8. The second-order valence-electron chi connectivity index (χ2n) is 12.5. The fraction of sp³-hybridized carbons (Fsp3) is 0. The van der Waals surface area contributed by atoms with Gasteiger partial charge in [0.15, 0.2) is 46.5 Å². The van der Waals surface area contributed by atoms with Crippen LogP contribution in [0.3, 0.4) is 0 Å². The van der Waals surface area contributed by atoms with Crippen molar-refractivity contribution in [2.24, 2.45) is 0 Å². The van der Waals surface area contributed by atoms with Gasteiger partial charge < -0.3 is 15.0 Å². The highest BCUT2D eigenvalue weighted by atomic mass is 79.9. The number of benzene rings is 3. The molecule has 7 aromatic rings. The van der Waals surface area contributed by atoms with Crippen molar-refractivity contribution in [1.29, 1.82) is 0 Å². The van der Waals surface area contributed by atoms with Gasteiger partial charge in [0.25, 0.3) is 0 Å². The molecule has 8 rings (SSSR count). The van der Waals surface area contributed by atoms with Crippen LogP contribution in [0.25, 0.3) is 75.4 Å². The zero-order chi connectivity index (χ0) is 43.7. The lowest BCUT2D eigenvalue weighted by Crippen LogP contribution is -2.05. The zero-order valence-corrected chi connectivity index (χ0v) is 42.2. The van der Waals surface area contributed by atoms with Crippen molar-refractivity contribution in [3.63, 3.8) is 0 Å². The summed E-state index contributed by atoms with van der Waals surface area (Å²) in [4.78, 5) is 13.6. The number of aromatic amines is 3. The van der Waals surface area contributed by atoms with E-state index in [1.807, 2.05) is 0 Å². The van der Waals surface area contributed by atoms with Crippen molar-refractivity contribution in [1.82, 2.24) is 19.9 Å². The molecule has 0 unspecified atom stereocenters. The van der Waals surface area contributed by atoms with E-state index in [1.165, 1.54) is 0 Å². The third kappa shape index (κ3) is 6.62. The molecule has 0 atom stereocenters. The van der Waals surface area contributed by atoms with E-state index in [0.717, 1.165) is 0 Å². The number of H-pyrrole nitrogens is 3. The molecule has 0 amide bonds. The summed E-state index contributed by atoms with van der Waals surface area (Å²) in [6.07, 6.45) is 0. The first-order chi connectivity index (χ1) is 28.2. The van der Waals surface area contributed by atoms with Crippen LogP contribution in [0.2, 0.25) is 0 Å². The Morgan fingerprint density at radius 2 is 0.617 bits per heavy atom. The lowest BCUT2D eigenvalue weighted by molar-refractivity contribution is 0.381. The molecule has 1 aliphatic rings. The van der Waals surface area contributed by atoms with Crippen molar-refractivity contribution in [3.05, 3.63) is 125 Å². The van der Waals surface area contributed by atoms with E-state index in [0.29, 0.717) is 10.0 Å². The molecule has 0 saturated heterocycles. The van der Waals surface area contributed by atoms with Gasteiger partial charge in [-0.3, -0.25) is 0 Å². The van der Waals surface area contributed by atoms with Crippen LogP contribution in [0.1, 0.15) is 11.4 Å². The number of hydrogen-bond acceptors (Lipinski definition) is 1. The van der Waals surface area contributed by atoms with Crippen LogP contribution < -0.4 is 0 Å². The van der Waals surface area contributed by atoms with Crippen LogP contribution in [-0.4, -0.2) is 19.9 Å². The van der Waals surface area contributed by atoms with Crippen LogP contribution in [0.4, 0.5) is 43.9 Å². The average molecular weight is 1420 g/mol. The minimum absolute atomic E-state index is 0.00518. The van der Waals surface area contributed by atoms with Crippen LogP contribution >= 0.6 is 143 Å². The maximum Gasteiger partial charge on any atom is 0.200 e. The van der Waals surface area contributed by atoms with E-state index in [1.54, 1.807) is 24.3 Å². The second-order valence-corrected chi connectivity index (χ2v) is 19.7. The molecule has 3 N–H and O–H groups in total. The van der Waals surface area contributed by atoms with Gasteiger partial charge in [0.05, 0.1) is 85.7 Å². The fourth-order valence-electron chi connectivity index (χ4n) is 6.55. The Morgan fingerprint density at radius 3 is 1.03 bits per heavy atom. The molecule has 0 radical (unpaired) electrons. The van der Waals surface area contributed by atoms with Gasteiger partial charge in [-0.05, 0) is 145 Å². The predicted molar refractivity (Wildman–Crippen MR) is 241 cm³/mol. The van der Waals surface area contributed by atoms with E-state index in [2.05, 4.69) is 163 Å². The molecule has 4 aromatic heterocycles. The first kappa shape index (κ1) is 44.6. The number of aromatic nitrogens is 4. The van der Waals surface area contributed by atoms with Crippen molar-refractivity contribution in [3.8, 4) is 33.4 Å². The van der Waals surface area contributed by atoms with Gasteiger partial charge in [-0.25, -0.2) is 48.9 Å².